The molecule has 0 saturated heterocycles. The molecule has 0 bridgehead atoms. The molecule has 0 radical (unpaired) electrons. The minimum absolute atomic E-state index is 0.716. The van der Waals surface area contributed by atoms with E-state index in [1.165, 1.54) is 16.5 Å². The van der Waals surface area contributed by atoms with Crippen molar-refractivity contribution in [1.82, 2.24) is 15.0 Å². The summed E-state index contributed by atoms with van der Waals surface area (Å²) in [6, 6.07) is 10.6. The highest BCUT2D eigenvalue weighted by atomic mass is 16.5. The van der Waals surface area contributed by atoms with Crippen LogP contribution in [0.4, 0.5) is 0 Å². The monoisotopic (exact) mass is 269 g/mol. The fourth-order valence-electron chi connectivity index (χ4n) is 2.53. The topological polar surface area (TPSA) is 43.0 Å². The molecule has 3 rings (SSSR count). The zero-order valence-electron chi connectivity index (χ0n) is 11.9. The molecule has 0 fully saturated rings. The molecule has 0 saturated carbocycles. The summed E-state index contributed by atoms with van der Waals surface area (Å²) in [7, 11) is 0. The summed E-state index contributed by atoms with van der Waals surface area (Å²) in [5.74, 6) is 0.887. The van der Waals surface area contributed by atoms with Gasteiger partial charge >= 0.3 is 0 Å². The Balaban J connectivity index is 1.98. The summed E-state index contributed by atoms with van der Waals surface area (Å²) in [6.45, 7) is 6.63. The third kappa shape index (κ3) is 2.47. The van der Waals surface area contributed by atoms with Gasteiger partial charge in [0.15, 0.2) is 5.76 Å². The van der Waals surface area contributed by atoms with E-state index in [-0.39, 0.29) is 0 Å². The molecule has 0 amide bonds. The van der Waals surface area contributed by atoms with E-state index in [1.807, 2.05) is 13.0 Å². The summed E-state index contributed by atoms with van der Waals surface area (Å²) in [6.07, 6.45) is 2.11. The van der Waals surface area contributed by atoms with Gasteiger partial charge in [0, 0.05) is 18.8 Å². The van der Waals surface area contributed by atoms with Gasteiger partial charge in [-0.25, -0.2) is 0 Å². The van der Waals surface area contributed by atoms with Crippen molar-refractivity contribution in [2.45, 2.75) is 26.9 Å². The van der Waals surface area contributed by atoms with Gasteiger partial charge in [-0.3, -0.25) is 0 Å². The summed E-state index contributed by atoms with van der Waals surface area (Å²) in [5.41, 5.74) is 3.50. The number of hydrogen-bond acceptors (Lipinski definition) is 3. The van der Waals surface area contributed by atoms with Crippen molar-refractivity contribution in [2.75, 3.05) is 6.54 Å². The first-order chi connectivity index (χ1) is 9.78. The molecule has 0 aliphatic carbocycles. The number of nitrogens with one attached hydrogen (secondary N) is 1. The van der Waals surface area contributed by atoms with Crippen LogP contribution in [0.5, 0.6) is 0 Å². The average molecular weight is 269 g/mol. The quantitative estimate of drug-likeness (QED) is 0.774. The highest BCUT2D eigenvalue weighted by Gasteiger charge is 2.09. The minimum Gasteiger partial charge on any atom is -0.359 e. The number of aromatic nitrogens is 2. The second-order valence-electron chi connectivity index (χ2n) is 5.01. The van der Waals surface area contributed by atoms with E-state index in [1.54, 1.807) is 0 Å². The van der Waals surface area contributed by atoms with Crippen LogP contribution in [0.3, 0.4) is 0 Å². The van der Waals surface area contributed by atoms with Crippen LogP contribution in [0.25, 0.3) is 10.9 Å². The molecule has 2 heterocycles. The van der Waals surface area contributed by atoms with Crippen LogP contribution < -0.4 is 5.32 Å². The van der Waals surface area contributed by atoms with Crippen molar-refractivity contribution < 1.29 is 4.52 Å². The zero-order valence-corrected chi connectivity index (χ0v) is 11.9. The minimum atomic E-state index is 0.716. The van der Waals surface area contributed by atoms with Crippen LogP contribution in [0.1, 0.15) is 23.9 Å². The molecule has 0 aliphatic heterocycles. The second kappa shape index (κ2) is 5.51. The Morgan fingerprint density at radius 2 is 2.20 bits per heavy atom. The summed E-state index contributed by atoms with van der Waals surface area (Å²) in [4.78, 5) is 0. The second-order valence-corrected chi connectivity index (χ2v) is 5.01. The van der Waals surface area contributed by atoms with Gasteiger partial charge in [-0.05, 0) is 30.5 Å². The normalized spacial score (nSPS) is 11.3. The van der Waals surface area contributed by atoms with Gasteiger partial charge in [-0.15, -0.1) is 0 Å². The molecule has 2 aromatic heterocycles. The van der Waals surface area contributed by atoms with Crippen molar-refractivity contribution in [3.05, 3.63) is 53.5 Å². The molecule has 0 aliphatic rings. The molecule has 0 spiro atoms. The third-order valence-corrected chi connectivity index (χ3v) is 3.44. The lowest BCUT2D eigenvalue weighted by atomic mass is 10.1. The van der Waals surface area contributed by atoms with Crippen LogP contribution in [0.2, 0.25) is 0 Å². The van der Waals surface area contributed by atoms with Crippen LogP contribution in [-0.4, -0.2) is 16.3 Å². The molecular weight excluding hydrogens is 250 g/mol. The number of hydrogen-bond donors (Lipinski definition) is 1. The summed E-state index contributed by atoms with van der Waals surface area (Å²) < 4.78 is 7.55. The summed E-state index contributed by atoms with van der Waals surface area (Å²) >= 11 is 0. The molecule has 4 nitrogen and oxygen atoms in total. The summed E-state index contributed by atoms with van der Waals surface area (Å²) in [5, 5.41) is 8.60. The van der Waals surface area contributed by atoms with Gasteiger partial charge in [0.1, 0.15) is 0 Å². The first kappa shape index (κ1) is 12.9. The molecule has 20 heavy (non-hydrogen) atoms. The maximum atomic E-state index is 5.32. The van der Waals surface area contributed by atoms with Gasteiger partial charge < -0.3 is 14.4 Å². The number of benzene rings is 1. The highest BCUT2D eigenvalue weighted by molar-refractivity contribution is 5.83. The van der Waals surface area contributed by atoms with Crippen LogP contribution in [0, 0.1) is 6.92 Å². The number of aryl methyl sites for hydroxylation is 1. The highest BCUT2D eigenvalue weighted by Crippen LogP contribution is 2.21. The molecule has 1 aromatic carbocycles. The van der Waals surface area contributed by atoms with E-state index in [0.717, 1.165) is 24.5 Å². The fraction of sp³-hybridized carbons (Fsp3) is 0.312. The largest absolute Gasteiger partial charge is 0.359 e. The van der Waals surface area contributed by atoms with Crippen molar-refractivity contribution in [3.8, 4) is 0 Å². The SMILES string of the molecule is CCNCc1cccc2ccn(Cc3cc(C)no3)c12. The first-order valence-corrected chi connectivity index (χ1v) is 6.97. The number of nitrogens with zero attached hydrogens (tertiary/aromatic N) is 2. The molecule has 0 unspecified atom stereocenters. The standard InChI is InChI=1S/C16H19N3O/c1-3-17-10-14-6-4-5-13-7-8-19(16(13)14)11-15-9-12(2)18-20-15/h4-9,17H,3,10-11H2,1-2H3. The van der Waals surface area contributed by atoms with E-state index < -0.39 is 0 Å². The Hall–Kier alpha value is -2.07. The lowest BCUT2D eigenvalue weighted by Gasteiger charge is -2.09. The van der Waals surface area contributed by atoms with Gasteiger partial charge in [0.2, 0.25) is 0 Å². The van der Waals surface area contributed by atoms with E-state index in [9.17, 15) is 0 Å². The molecule has 3 aromatic rings. The molecule has 1 N–H and O–H groups in total. The maximum Gasteiger partial charge on any atom is 0.156 e. The lowest BCUT2D eigenvalue weighted by Crippen LogP contribution is -2.13. The van der Waals surface area contributed by atoms with Crippen LogP contribution in [0.15, 0.2) is 41.1 Å². The Labute approximate surface area is 118 Å². The third-order valence-electron chi connectivity index (χ3n) is 3.44. The van der Waals surface area contributed by atoms with Crippen LogP contribution in [-0.2, 0) is 13.1 Å². The zero-order chi connectivity index (χ0) is 13.9. The molecule has 104 valence electrons. The van der Waals surface area contributed by atoms with Crippen molar-refractivity contribution >= 4 is 10.9 Å². The van der Waals surface area contributed by atoms with Gasteiger partial charge in [-0.2, -0.15) is 0 Å². The van der Waals surface area contributed by atoms with E-state index in [4.69, 9.17) is 4.52 Å². The Kier molecular flexibility index (Phi) is 3.56. The number of fused-ring (bicyclic) bond motifs is 1. The Bertz CT molecular complexity index is 711. The smallest absolute Gasteiger partial charge is 0.156 e. The number of rotatable bonds is 5. The van der Waals surface area contributed by atoms with E-state index >= 15 is 0 Å². The van der Waals surface area contributed by atoms with Crippen molar-refractivity contribution in [3.63, 3.8) is 0 Å². The van der Waals surface area contributed by atoms with Crippen LogP contribution >= 0.6 is 0 Å². The van der Waals surface area contributed by atoms with Gasteiger partial charge in [-0.1, -0.05) is 30.3 Å². The van der Waals surface area contributed by atoms with Crippen molar-refractivity contribution in [1.29, 1.82) is 0 Å². The van der Waals surface area contributed by atoms with Gasteiger partial charge in [0.05, 0.1) is 17.8 Å². The molecule has 0 atom stereocenters. The van der Waals surface area contributed by atoms with Gasteiger partial charge in [0.25, 0.3) is 0 Å². The van der Waals surface area contributed by atoms with E-state index in [0.29, 0.717) is 6.54 Å². The fourth-order valence-corrected chi connectivity index (χ4v) is 2.53. The predicted molar refractivity (Wildman–Crippen MR) is 79.7 cm³/mol. The average Bonchev–Trinajstić information content (AvgIpc) is 3.04. The Morgan fingerprint density at radius 1 is 1.30 bits per heavy atom. The van der Waals surface area contributed by atoms with E-state index in [2.05, 4.69) is 52.4 Å². The molecule has 4 heteroatoms. The Morgan fingerprint density at radius 3 is 2.95 bits per heavy atom. The predicted octanol–water partition coefficient (Wildman–Crippen LogP) is 3.10. The number of para-hydroxylation sites is 1. The maximum absolute atomic E-state index is 5.32. The first-order valence-electron chi connectivity index (χ1n) is 6.97. The van der Waals surface area contributed by atoms with Crippen molar-refractivity contribution in [2.24, 2.45) is 0 Å². The lowest BCUT2D eigenvalue weighted by molar-refractivity contribution is 0.374. The molecular formula is C16H19N3O.